The van der Waals surface area contributed by atoms with Crippen molar-refractivity contribution in [1.82, 2.24) is 10.6 Å². The molecule has 1 aromatic rings. The van der Waals surface area contributed by atoms with Crippen LogP contribution in [0.3, 0.4) is 0 Å². The average molecular weight is 447 g/mol. The molecule has 0 aromatic heterocycles. The molecule has 1 aliphatic carbocycles. The molecule has 4 unspecified atom stereocenters. The Morgan fingerprint density at radius 1 is 1.16 bits per heavy atom. The molecule has 4 atom stereocenters. The summed E-state index contributed by atoms with van der Waals surface area (Å²) >= 11 is 0. The molecule has 0 spiro atoms. The molecule has 0 aliphatic heterocycles. The Labute approximate surface area is 191 Å². The lowest BCUT2D eigenvalue weighted by molar-refractivity contribution is -0.159. The molecule has 0 bridgehead atoms. The zero-order chi connectivity index (χ0) is 23.9. The van der Waals surface area contributed by atoms with Gasteiger partial charge in [-0.1, -0.05) is 52.0 Å². The molecule has 7 nitrogen and oxygen atoms in total. The third-order valence-corrected chi connectivity index (χ3v) is 6.14. The van der Waals surface area contributed by atoms with Crippen molar-refractivity contribution >= 4 is 17.8 Å². The van der Waals surface area contributed by atoms with E-state index >= 15 is 0 Å². The molecule has 1 aliphatic rings. The summed E-state index contributed by atoms with van der Waals surface area (Å²) < 4.78 is 5.64. The van der Waals surface area contributed by atoms with Crippen LogP contribution in [0.2, 0.25) is 0 Å². The lowest BCUT2D eigenvalue weighted by Gasteiger charge is -2.34. The van der Waals surface area contributed by atoms with Crippen LogP contribution in [-0.4, -0.2) is 48.7 Å². The Morgan fingerprint density at radius 2 is 1.81 bits per heavy atom. The number of aryl methyl sites for hydroxylation is 1. The van der Waals surface area contributed by atoms with Gasteiger partial charge in [0.15, 0.2) is 6.10 Å². The molecule has 1 aromatic carbocycles. The normalized spacial score (nSPS) is 18.7. The number of aliphatic carboxylic acids is 1. The number of fused-ring (bicyclic) bond motifs is 1. The Bertz CT molecular complexity index is 802. The molecule has 0 heterocycles. The number of carboxylic acids is 1. The van der Waals surface area contributed by atoms with Crippen LogP contribution >= 0.6 is 0 Å². The lowest BCUT2D eigenvalue weighted by Crippen LogP contribution is -2.56. The number of ether oxygens (including phenoxy) is 1. The van der Waals surface area contributed by atoms with Crippen LogP contribution in [0.15, 0.2) is 24.3 Å². The number of carbonyl (C=O) groups excluding carboxylic acids is 2. The van der Waals surface area contributed by atoms with E-state index in [-0.39, 0.29) is 18.4 Å². The van der Waals surface area contributed by atoms with Gasteiger partial charge in [0.1, 0.15) is 6.04 Å². The molecular weight excluding hydrogens is 408 g/mol. The predicted molar refractivity (Wildman–Crippen MR) is 123 cm³/mol. The van der Waals surface area contributed by atoms with Gasteiger partial charge in [-0.2, -0.15) is 0 Å². The molecule has 32 heavy (non-hydrogen) atoms. The van der Waals surface area contributed by atoms with Crippen molar-refractivity contribution in [2.45, 2.75) is 71.9 Å². The fraction of sp³-hybridized carbons (Fsp3) is 0.640. The van der Waals surface area contributed by atoms with E-state index in [9.17, 15) is 19.5 Å². The third kappa shape index (κ3) is 6.79. The van der Waals surface area contributed by atoms with Crippen LogP contribution in [-0.2, 0) is 32.0 Å². The first-order valence-corrected chi connectivity index (χ1v) is 11.5. The van der Waals surface area contributed by atoms with Crippen LogP contribution in [0, 0.1) is 17.3 Å². The number of hydrogen-bond donors (Lipinski definition) is 3. The number of rotatable bonds is 10. The molecule has 0 saturated carbocycles. The number of benzene rings is 1. The Morgan fingerprint density at radius 3 is 2.38 bits per heavy atom. The Balaban J connectivity index is 2.28. The summed E-state index contributed by atoms with van der Waals surface area (Å²) in [4.78, 5) is 37.9. The molecule has 7 heteroatoms. The van der Waals surface area contributed by atoms with Crippen molar-refractivity contribution in [2.24, 2.45) is 17.3 Å². The second-order valence-corrected chi connectivity index (χ2v) is 9.77. The largest absolute Gasteiger partial charge is 0.479 e. The van der Waals surface area contributed by atoms with Gasteiger partial charge < -0.3 is 20.5 Å². The molecule has 2 amide bonds. The highest BCUT2D eigenvalue weighted by Gasteiger charge is 2.40. The molecule has 0 saturated heterocycles. The number of likely N-dealkylation sites (N-methyl/N-ethyl adjacent to an activating group) is 1. The van der Waals surface area contributed by atoms with Crippen LogP contribution in [0.4, 0.5) is 0 Å². The Hall–Kier alpha value is -2.41. The number of carboxylic acid groups (broad SMARTS) is 1. The number of hydrogen-bond acceptors (Lipinski definition) is 4. The van der Waals surface area contributed by atoms with Crippen molar-refractivity contribution in [3.05, 3.63) is 35.4 Å². The van der Waals surface area contributed by atoms with E-state index in [1.807, 2.05) is 39.8 Å². The molecule has 0 fully saturated rings. The quantitative estimate of drug-likeness (QED) is 0.513. The maximum atomic E-state index is 13.4. The third-order valence-electron chi connectivity index (χ3n) is 6.14. The highest BCUT2D eigenvalue weighted by atomic mass is 16.5. The highest BCUT2D eigenvalue weighted by molar-refractivity contribution is 5.91. The van der Waals surface area contributed by atoms with Gasteiger partial charge >= 0.3 is 5.97 Å². The van der Waals surface area contributed by atoms with E-state index < -0.39 is 35.4 Å². The average Bonchev–Trinajstić information content (AvgIpc) is 2.75. The fourth-order valence-electron chi connectivity index (χ4n) is 4.37. The van der Waals surface area contributed by atoms with Gasteiger partial charge in [-0.15, -0.1) is 0 Å². The van der Waals surface area contributed by atoms with Crippen molar-refractivity contribution in [1.29, 1.82) is 0 Å². The molecular formula is C25H38N2O5. The first-order chi connectivity index (χ1) is 15.1. The fourth-order valence-corrected chi connectivity index (χ4v) is 4.37. The van der Waals surface area contributed by atoms with Gasteiger partial charge in [0.25, 0.3) is 0 Å². The van der Waals surface area contributed by atoms with E-state index in [0.717, 1.165) is 19.3 Å². The number of amides is 2. The van der Waals surface area contributed by atoms with E-state index in [4.69, 9.17) is 4.74 Å². The van der Waals surface area contributed by atoms with Crippen LogP contribution < -0.4 is 10.6 Å². The lowest BCUT2D eigenvalue weighted by atomic mass is 9.77. The summed E-state index contributed by atoms with van der Waals surface area (Å²) in [6.07, 6.45) is 2.39. The first-order valence-electron chi connectivity index (χ1n) is 11.5. The van der Waals surface area contributed by atoms with Crippen molar-refractivity contribution in [3.63, 3.8) is 0 Å². The molecule has 178 valence electrons. The molecule has 3 N–H and O–H groups in total. The zero-order valence-corrected chi connectivity index (χ0v) is 19.9. The van der Waals surface area contributed by atoms with Gasteiger partial charge in [-0.25, -0.2) is 4.79 Å². The maximum absolute atomic E-state index is 13.4. The van der Waals surface area contributed by atoms with Crippen LogP contribution in [0.5, 0.6) is 0 Å². The van der Waals surface area contributed by atoms with Crippen LogP contribution in [0.1, 0.15) is 58.1 Å². The van der Waals surface area contributed by atoms with Crippen LogP contribution in [0.25, 0.3) is 0 Å². The predicted octanol–water partition coefficient (Wildman–Crippen LogP) is 2.95. The summed E-state index contributed by atoms with van der Waals surface area (Å²) in [5, 5.41) is 15.3. The Kier molecular flexibility index (Phi) is 9.25. The summed E-state index contributed by atoms with van der Waals surface area (Å²) in [7, 11) is 1.52. The zero-order valence-electron chi connectivity index (χ0n) is 19.9. The van der Waals surface area contributed by atoms with E-state index in [0.29, 0.717) is 12.8 Å². The van der Waals surface area contributed by atoms with E-state index in [2.05, 4.69) is 22.8 Å². The van der Waals surface area contributed by atoms with Crippen molar-refractivity contribution < 1.29 is 24.2 Å². The van der Waals surface area contributed by atoms with E-state index in [1.165, 1.54) is 18.2 Å². The molecule has 2 rings (SSSR count). The molecule has 0 radical (unpaired) electrons. The second kappa shape index (κ2) is 11.5. The standard InChI is InChI=1S/C25H38N2O5/c1-6-13-32-20(24(30)31)19(22(28)27-21(23(29)26-5)25(2,3)4)15-16-11-12-17-9-7-8-10-18(17)14-16/h7-10,16,19-21H,6,11-15H2,1-5H3,(H,26,29)(H,27,28)(H,30,31). The monoisotopic (exact) mass is 446 g/mol. The van der Waals surface area contributed by atoms with Gasteiger partial charge in [0, 0.05) is 13.7 Å². The summed E-state index contributed by atoms with van der Waals surface area (Å²) in [6, 6.07) is 7.47. The minimum atomic E-state index is -1.25. The topological polar surface area (TPSA) is 105 Å². The van der Waals surface area contributed by atoms with Gasteiger partial charge in [0.05, 0.1) is 5.92 Å². The smallest absolute Gasteiger partial charge is 0.333 e. The van der Waals surface area contributed by atoms with Crippen molar-refractivity contribution in [2.75, 3.05) is 13.7 Å². The minimum absolute atomic E-state index is 0.167. The minimum Gasteiger partial charge on any atom is -0.479 e. The maximum Gasteiger partial charge on any atom is 0.333 e. The first kappa shape index (κ1) is 25.8. The summed E-state index contributed by atoms with van der Waals surface area (Å²) in [5.41, 5.74) is 2.03. The highest BCUT2D eigenvalue weighted by Crippen LogP contribution is 2.32. The van der Waals surface area contributed by atoms with Gasteiger partial charge in [0.2, 0.25) is 11.8 Å². The van der Waals surface area contributed by atoms with E-state index in [1.54, 1.807) is 0 Å². The number of nitrogens with one attached hydrogen (secondary N) is 2. The number of carbonyl (C=O) groups is 3. The summed E-state index contributed by atoms with van der Waals surface area (Å²) in [5.74, 6) is -2.62. The van der Waals surface area contributed by atoms with Gasteiger partial charge in [-0.3, -0.25) is 9.59 Å². The van der Waals surface area contributed by atoms with Gasteiger partial charge in [-0.05, 0) is 54.6 Å². The SMILES string of the molecule is CCCOC(C(=O)O)C(CC1CCc2ccccc2C1)C(=O)NC(C(=O)NC)C(C)(C)C. The van der Waals surface area contributed by atoms with Crippen molar-refractivity contribution in [3.8, 4) is 0 Å². The second-order valence-electron chi connectivity index (χ2n) is 9.77. The summed E-state index contributed by atoms with van der Waals surface area (Å²) in [6.45, 7) is 7.74.